The molecule has 0 saturated heterocycles. The number of rotatable bonds is 6. The van der Waals surface area contributed by atoms with Gasteiger partial charge in [0, 0.05) is 17.1 Å². The summed E-state index contributed by atoms with van der Waals surface area (Å²) in [5, 5.41) is 9.65. The predicted molar refractivity (Wildman–Crippen MR) is 76.4 cm³/mol. The number of thioether (sulfide) groups is 1. The molecular formula is C13H21N3O2S. The van der Waals surface area contributed by atoms with Gasteiger partial charge in [-0.05, 0) is 46.1 Å². The van der Waals surface area contributed by atoms with E-state index in [1.54, 1.807) is 0 Å². The molecule has 0 bridgehead atoms. The number of aromatic nitrogens is 2. The molecule has 1 aromatic rings. The molecule has 1 aromatic heterocycles. The number of nitrogens with zero attached hydrogens (tertiary/aromatic N) is 2. The van der Waals surface area contributed by atoms with Crippen LogP contribution in [0.4, 0.5) is 0 Å². The first-order valence-corrected chi connectivity index (χ1v) is 7.19. The molecule has 106 valence electrons. The van der Waals surface area contributed by atoms with Gasteiger partial charge in [-0.15, -0.1) is 0 Å². The lowest BCUT2D eigenvalue weighted by atomic mass is 9.98. The summed E-state index contributed by atoms with van der Waals surface area (Å²) in [6.45, 7) is 7.48. The Balaban J connectivity index is 2.49. The van der Waals surface area contributed by atoms with Crippen LogP contribution in [-0.2, 0) is 4.79 Å². The minimum absolute atomic E-state index is 0.444. The van der Waals surface area contributed by atoms with E-state index < -0.39 is 11.5 Å². The molecule has 6 heteroatoms. The van der Waals surface area contributed by atoms with Crippen LogP contribution >= 0.6 is 11.8 Å². The second kappa shape index (κ2) is 6.34. The highest BCUT2D eigenvalue weighted by atomic mass is 32.2. The number of nitrogens with two attached hydrogens (primary N) is 1. The quantitative estimate of drug-likeness (QED) is 0.472. The topological polar surface area (TPSA) is 89.1 Å². The smallest absolute Gasteiger partial charge is 0.323 e. The third kappa shape index (κ3) is 4.47. The van der Waals surface area contributed by atoms with Gasteiger partial charge in [0.25, 0.3) is 0 Å². The summed E-state index contributed by atoms with van der Waals surface area (Å²) in [5.41, 5.74) is 7.61. The second-order valence-electron chi connectivity index (χ2n) is 4.98. The number of hydrogen-bond acceptors (Lipinski definition) is 5. The molecule has 0 aliphatic heterocycles. The van der Waals surface area contributed by atoms with E-state index >= 15 is 0 Å². The number of carboxylic acid groups (broad SMARTS) is 1. The summed E-state index contributed by atoms with van der Waals surface area (Å²) in [4.78, 5) is 19.7. The molecule has 1 heterocycles. The first-order chi connectivity index (χ1) is 8.74. The average Bonchev–Trinajstić information content (AvgIpc) is 2.31. The van der Waals surface area contributed by atoms with Crippen molar-refractivity contribution in [2.45, 2.75) is 51.2 Å². The number of carboxylic acids is 1. The number of aliphatic carboxylic acids is 1. The van der Waals surface area contributed by atoms with E-state index in [9.17, 15) is 4.79 Å². The van der Waals surface area contributed by atoms with Gasteiger partial charge in [0.05, 0.1) is 0 Å². The fraction of sp³-hybridized carbons (Fsp3) is 0.615. The molecule has 0 aliphatic carbocycles. The molecule has 19 heavy (non-hydrogen) atoms. The zero-order valence-electron chi connectivity index (χ0n) is 11.9. The molecule has 0 saturated carbocycles. The summed E-state index contributed by atoms with van der Waals surface area (Å²) in [6.07, 6.45) is 1.17. The van der Waals surface area contributed by atoms with E-state index in [-0.39, 0.29) is 0 Å². The highest BCUT2D eigenvalue weighted by Crippen LogP contribution is 2.20. The minimum Gasteiger partial charge on any atom is -0.480 e. The molecular weight excluding hydrogens is 262 g/mol. The van der Waals surface area contributed by atoms with Crippen molar-refractivity contribution >= 4 is 17.7 Å². The van der Waals surface area contributed by atoms with Crippen LogP contribution in [0.15, 0.2) is 5.16 Å². The van der Waals surface area contributed by atoms with Crippen LogP contribution in [-0.4, -0.2) is 32.3 Å². The Kier molecular flexibility index (Phi) is 5.31. The molecule has 0 spiro atoms. The van der Waals surface area contributed by atoms with Gasteiger partial charge in [-0.25, -0.2) is 9.97 Å². The predicted octanol–water partition coefficient (Wildman–Crippen LogP) is 2.08. The van der Waals surface area contributed by atoms with Crippen LogP contribution in [0, 0.1) is 20.8 Å². The largest absolute Gasteiger partial charge is 0.480 e. The first kappa shape index (κ1) is 15.9. The Morgan fingerprint density at radius 1 is 1.32 bits per heavy atom. The lowest BCUT2D eigenvalue weighted by Crippen LogP contribution is -2.44. The highest BCUT2D eigenvalue weighted by molar-refractivity contribution is 7.99. The van der Waals surface area contributed by atoms with Crippen molar-refractivity contribution in [1.29, 1.82) is 0 Å². The van der Waals surface area contributed by atoms with Crippen molar-refractivity contribution in [3.05, 3.63) is 17.0 Å². The van der Waals surface area contributed by atoms with Gasteiger partial charge >= 0.3 is 5.97 Å². The third-order valence-electron chi connectivity index (χ3n) is 3.17. The highest BCUT2D eigenvalue weighted by Gasteiger charge is 2.26. The summed E-state index contributed by atoms with van der Waals surface area (Å²) in [5.74, 6) is -0.196. The van der Waals surface area contributed by atoms with Gasteiger partial charge < -0.3 is 10.8 Å². The van der Waals surface area contributed by atoms with Crippen molar-refractivity contribution in [2.24, 2.45) is 5.73 Å². The van der Waals surface area contributed by atoms with E-state index in [1.807, 2.05) is 20.8 Å². The van der Waals surface area contributed by atoms with Gasteiger partial charge in [0.1, 0.15) is 5.54 Å². The summed E-state index contributed by atoms with van der Waals surface area (Å²) in [6, 6.07) is 0. The van der Waals surface area contributed by atoms with Crippen LogP contribution in [0.3, 0.4) is 0 Å². The van der Waals surface area contributed by atoms with Crippen molar-refractivity contribution in [3.8, 4) is 0 Å². The van der Waals surface area contributed by atoms with E-state index in [1.165, 1.54) is 18.7 Å². The lowest BCUT2D eigenvalue weighted by Gasteiger charge is -2.18. The van der Waals surface area contributed by atoms with Crippen LogP contribution in [0.2, 0.25) is 0 Å². The van der Waals surface area contributed by atoms with Crippen LogP contribution in [0.1, 0.15) is 36.7 Å². The maximum absolute atomic E-state index is 10.9. The lowest BCUT2D eigenvalue weighted by molar-refractivity contribution is -0.142. The Morgan fingerprint density at radius 3 is 2.32 bits per heavy atom. The Morgan fingerprint density at radius 2 is 1.84 bits per heavy atom. The van der Waals surface area contributed by atoms with E-state index in [0.717, 1.165) is 34.3 Å². The molecule has 5 nitrogen and oxygen atoms in total. The average molecular weight is 283 g/mol. The van der Waals surface area contributed by atoms with Crippen molar-refractivity contribution < 1.29 is 9.90 Å². The fourth-order valence-corrected chi connectivity index (χ4v) is 2.39. The molecule has 1 unspecified atom stereocenters. The van der Waals surface area contributed by atoms with E-state index in [4.69, 9.17) is 10.8 Å². The normalized spacial score (nSPS) is 14.2. The van der Waals surface area contributed by atoms with Gasteiger partial charge in [-0.2, -0.15) is 0 Å². The van der Waals surface area contributed by atoms with Crippen LogP contribution in [0.25, 0.3) is 0 Å². The SMILES string of the molecule is Cc1nc(SCCCC(C)(N)C(=O)O)nc(C)c1C. The van der Waals surface area contributed by atoms with Crippen molar-refractivity contribution in [3.63, 3.8) is 0 Å². The molecule has 3 N–H and O–H groups in total. The number of hydrogen-bond donors (Lipinski definition) is 2. The Hall–Kier alpha value is -1.14. The van der Waals surface area contributed by atoms with E-state index in [2.05, 4.69) is 9.97 Å². The Labute approximate surface area is 118 Å². The first-order valence-electron chi connectivity index (χ1n) is 6.21. The zero-order valence-corrected chi connectivity index (χ0v) is 12.7. The molecule has 1 rings (SSSR count). The number of carbonyl (C=O) groups is 1. The van der Waals surface area contributed by atoms with Gasteiger partial charge in [-0.1, -0.05) is 11.8 Å². The van der Waals surface area contributed by atoms with Gasteiger partial charge in [-0.3, -0.25) is 4.79 Å². The van der Waals surface area contributed by atoms with Gasteiger partial charge in [0.15, 0.2) is 5.16 Å². The Bertz CT molecular complexity index is 452. The van der Waals surface area contributed by atoms with Crippen molar-refractivity contribution in [1.82, 2.24) is 9.97 Å². The standard InChI is InChI=1S/C13H21N3O2S/c1-8-9(2)15-12(16-10(8)3)19-7-5-6-13(4,14)11(17)18/h5-7,14H2,1-4H3,(H,17,18). The monoisotopic (exact) mass is 283 g/mol. The zero-order chi connectivity index (χ0) is 14.6. The second-order valence-corrected chi connectivity index (χ2v) is 6.04. The molecule has 0 fully saturated rings. The fourth-order valence-electron chi connectivity index (χ4n) is 1.52. The van der Waals surface area contributed by atoms with E-state index in [0.29, 0.717) is 6.42 Å². The maximum atomic E-state index is 10.9. The van der Waals surface area contributed by atoms with Crippen molar-refractivity contribution in [2.75, 3.05) is 5.75 Å². The molecule has 0 aromatic carbocycles. The summed E-state index contributed by atoms with van der Waals surface area (Å²) < 4.78 is 0. The molecule has 0 aliphatic rings. The van der Waals surface area contributed by atoms with Crippen LogP contribution < -0.4 is 5.73 Å². The third-order valence-corrected chi connectivity index (χ3v) is 4.11. The maximum Gasteiger partial charge on any atom is 0.323 e. The molecule has 1 atom stereocenters. The molecule has 0 amide bonds. The number of aryl methyl sites for hydroxylation is 2. The summed E-state index contributed by atoms with van der Waals surface area (Å²) >= 11 is 1.54. The van der Waals surface area contributed by atoms with Gasteiger partial charge in [0.2, 0.25) is 0 Å². The molecule has 0 radical (unpaired) electrons. The minimum atomic E-state index is -1.15. The summed E-state index contributed by atoms with van der Waals surface area (Å²) in [7, 11) is 0. The van der Waals surface area contributed by atoms with Crippen LogP contribution in [0.5, 0.6) is 0 Å².